The van der Waals surface area contributed by atoms with Crippen molar-refractivity contribution in [2.75, 3.05) is 13.7 Å². The van der Waals surface area contributed by atoms with Gasteiger partial charge >= 0.3 is 12.1 Å². The molecule has 2 aromatic heterocycles. The first-order chi connectivity index (χ1) is 14.6. The van der Waals surface area contributed by atoms with E-state index in [0.29, 0.717) is 29.8 Å². The third-order valence-corrected chi connectivity index (χ3v) is 6.48. The van der Waals surface area contributed by atoms with Crippen LogP contribution in [0, 0.1) is 5.82 Å². The second-order valence-corrected chi connectivity index (χ2v) is 9.61. The van der Waals surface area contributed by atoms with Crippen LogP contribution in [0.15, 0.2) is 18.2 Å². The number of thiophene rings is 1. The number of aromatic nitrogens is 2. The van der Waals surface area contributed by atoms with E-state index in [-0.39, 0.29) is 17.7 Å². The largest absolute Gasteiger partial charge is 0.465 e. The quantitative estimate of drug-likeness (QED) is 0.557. The van der Waals surface area contributed by atoms with E-state index in [1.165, 1.54) is 24.5 Å². The van der Waals surface area contributed by atoms with Gasteiger partial charge in [-0.15, -0.1) is 11.3 Å². The molecule has 164 valence electrons. The van der Waals surface area contributed by atoms with Gasteiger partial charge in [0.25, 0.3) is 0 Å². The zero-order valence-electron chi connectivity index (χ0n) is 18.0. The third-order valence-electron chi connectivity index (χ3n) is 5.13. The smallest absolute Gasteiger partial charge is 0.410 e. The van der Waals surface area contributed by atoms with E-state index in [1.54, 1.807) is 4.90 Å². The highest BCUT2D eigenvalue weighted by Gasteiger charge is 2.33. The molecule has 9 heteroatoms. The predicted molar refractivity (Wildman–Crippen MR) is 116 cm³/mol. The first kappa shape index (κ1) is 21.3. The lowest BCUT2D eigenvalue weighted by atomic mass is 10.0. The lowest BCUT2D eigenvalue weighted by molar-refractivity contribution is 0.0163. The molecule has 0 spiro atoms. The monoisotopic (exact) mass is 445 g/mol. The number of ether oxygens (including phenoxy) is 2. The number of benzene rings is 1. The van der Waals surface area contributed by atoms with Crippen molar-refractivity contribution in [2.45, 2.75) is 45.8 Å². The van der Waals surface area contributed by atoms with Crippen LogP contribution in [0.4, 0.5) is 9.18 Å². The molecule has 0 saturated carbocycles. The lowest BCUT2D eigenvalue weighted by Gasteiger charge is -2.34. The minimum atomic E-state index is -0.644. The third kappa shape index (κ3) is 4.01. The number of rotatable bonds is 2. The Hall–Kier alpha value is -2.94. The number of esters is 1. The number of nitrogens with one attached hydrogen (secondary N) is 1. The summed E-state index contributed by atoms with van der Waals surface area (Å²) in [5.41, 5.74) is 1.44. The molecule has 1 aliphatic rings. The number of fused-ring (bicyclic) bond motifs is 2. The maximum absolute atomic E-state index is 14.0. The number of hydrogen-bond donors (Lipinski definition) is 1. The van der Waals surface area contributed by atoms with Crippen LogP contribution in [0.3, 0.4) is 0 Å². The Morgan fingerprint density at radius 1 is 1.29 bits per heavy atom. The van der Waals surface area contributed by atoms with Crippen LogP contribution >= 0.6 is 11.3 Å². The molecule has 0 aliphatic carbocycles. The summed E-state index contributed by atoms with van der Waals surface area (Å²) in [5.74, 6) is -0.647. The molecule has 3 heterocycles. The van der Waals surface area contributed by atoms with E-state index < -0.39 is 17.4 Å². The number of amides is 1. The van der Waals surface area contributed by atoms with Crippen LogP contribution in [0.5, 0.6) is 0 Å². The van der Waals surface area contributed by atoms with Gasteiger partial charge in [0.15, 0.2) is 0 Å². The fourth-order valence-electron chi connectivity index (χ4n) is 3.72. The van der Waals surface area contributed by atoms with Crippen molar-refractivity contribution in [2.24, 2.45) is 0 Å². The van der Waals surface area contributed by atoms with Crippen LogP contribution in [0.1, 0.15) is 54.5 Å². The number of hydrogen-bond acceptors (Lipinski definition) is 6. The molecule has 1 amide bonds. The minimum absolute atomic E-state index is 0.0748. The summed E-state index contributed by atoms with van der Waals surface area (Å²) in [7, 11) is 1.25. The summed E-state index contributed by atoms with van der Waals surface area (Å²) in [6.07, 6.45) is 0.375. The number of imidazole rings is 1. The van der Waals surface area contributed by atoms with Crippen molar-refractivity contribution in [3.8, 4) is 10.7 Å². The summed E-state index contributed by atoms with van der Waals surface area (Å²) < 4.78 is 24.3. The molecular formula is C22H24FN3O4S. The van der Waals surface area contributed by atoms with Crippen LogP contribution in [-0.2, 0) is 15.9 Å². The van der Waals surface area contributed by atoms with Crippen molar-refractivity contribution in [1.29, 1.82) is 0 Å². The Bertz CT molecular complexity index is 1180. The number of carbonyl (C=O) groups excluding carboxylic acids is 2. The molecule has 1 N–H and O–H groups in total. The molecule has 1 atom stereocenters. The summed E-state index contributed by atoms with van der Waals surface area (Å²) in [6.45, 7) is 8.09. The topological polar surface area (TPSA) is 84.5 Å². The van der Waals surface area contributed by atoms with Gasteiger partial charge in [-0.05, 0) is 57.9 Å². The Labute approximate surface area is 183 Å². The molecule has 1 aliphatic heterocycles. The number of carbonyl (C=O) groups is 2. The normalized spacial score (nSPS) is 16.3. The maximum Gasteiger partial charge on any atom is 0.410 e. The van der Waals surface area contributed by atoms with E-state index in [0.717, 1.165) is 21.4 Å². The summed E-state index contributed by atoms with van der Waals surface area (Å²) in [5, 5.41) is 0. The van der Waals surface area contributed by atoms with Crippen LogP contribution < -0.4 is 0 Å². The molecule has 31 heavy (non-hydrogen) atoms. The van der Waals surface area contributed by atoms with E-state index in [9.17, 15) is 14.0 Å². The Morgan fingerprint density at radius 3 is 2.71 bits per heavy atom. The molecule has 3 aromatic rings. The molecule has 0 radical (unpaired) electrons. The molecule has 7 nitrogen and oxygen atoms in total. The SMILES string of the molecule is COC(=O)c1cc(F)cc2[nH]c(-c3cc4c(s3)C(C)N(C(=O)OC(C)(C)C)CC4)nc12. The standard InChI is InChI=1S/C22H24FN3O4S/c1-11-18-12(6-7-26(11)21(28)30-22(2,3)4)8-16(31-18)19-24-15-10-13(23)9-14(17(15)25-19)20(27)29-5/h8-11H,6-7H2,1-5H3,(H,24,25). The molecular weight excluding hydrogens is 421 g/mol. The van der Waals surface area contributed by atoms with Crippen LogP contribution in [-0.4, -0.2) is 46.2 Å². The molecule has 1 unspecified atom stereocenters. The number of H-pyrrole nitrogens is 1. The van der Waals surface area contributed by atoms with Crippen molar-refractivity contribution >= 4 is 34.4 Å². The minimum Gasteiger partial charge on any atom is -0.465 e. The van der Waals surface area contributed by atoms with Gasteiger partial charge < -0.3 is 19.4 Å². The van der Waals surface area contributed by atoms with Gasteiger partial charge in [-0.2, -0.15) is 0 Å². The highest BCUT2D eigenvalue weighted by molar-refractivity contribution is 7.15. The average Bonchev–Trinajstić information content (AvgIpc) is 3.29. The second-order valence-electron chi connectivity index (χ2n) is 8.53. The van der Waals surface area contributed by atoms with Crippen molar-refractivity contribution in [3.63, 3.8) is 0 Å². The maximum atomic E-state index is 14.0. The fraction of sp³-hybridized carbons (Fsp3) is 0.409. The first-order valence-corrected chi connectivity index (χ1v) is 10.8. The van der Waals surface area contributed by atoms with Gasteiger partial charge in [0.1, 0.15) is 22.8 Å². The van der Waals surface area contributed by atoms with Crippen LogP contribution in [0.2, 0.25) is 0 Å². The van der Waals surface area contributed by atoms with E-state index >= 15 is 0 Å². The average molecular weight is 446 g/mol. The second kappa shape index (κ2) is 7.64. The first-order valence-electron chi connectivity index (χ1n) is 9.97. The fourth-order valence-corrected chi connectivity index (χ4v) is 4.94. The summed E-state index contributed by atoms with van der Waals surface area (Å²) in [4.78, 5) is 35.9. The number of nitrogens with zero attached hydrogens (tertiary/aromatic N) is 2. The molecule has 0 saturated heterocycles. The summed E-state index contributed by atoms with van der Waals surface area (Å²) in [6, 6.07) is 4.33. The van der Waals surface area contributed by atoms with Crippen molar-refractivity contribution < 1.29 is 23.5 Å². The molecule has 0 fully saturated rings. The Morgan fingerprint density at radius 2 is 2.03 bits per heavy atom. The van der Waals surface area contributed by atoms with Gasteiger partial charge in [-0.3, -0.25) is 0 Å². The predicted octanol–water partition coefficient (Wildman–Crippen LogP) is 5.07. The van der Waals surface area contributed by atoms with Crippen molar-refractivity contribution in [1.82, 2.24) is 14.9 Å². The zero-order valence-corrected chi connectivity index (χ0v) is 18.9. The molecule has 4 rings (SSSR count). The Kier molecular flexibility index (Phi) is 5.25. The molecule has 1 aromatic carbocycles. The highest BCUT2D eigenvalue weighted by atomic mass is 32.1. The highest BCUT2D eigenvalue weighted by Crippen LogP contribution is 2.40. The molecule has 0 bridgehead atoms. The van der Waals surface area contributed by atoms with Crippen LogP contribution in [0.25, 0.3) is 21.7 Å². The van der Waals surface area contributed by atoms with Gasteiger partial charge in [0.2, 0.25) is 0 Å². The number of methoxy groups -OCH3 is 1. The van der Waals surface area contributed by atoms with Crippen molar-refractivity contribution in [3.05, 3.63) is 40.0 Å². The van der Waals surface area contributed by atoms with E-state index in [4.69, 9.17) is 9.47 Å². The zero-order chi connectivity index (χ0) is 22.5. The van der Waals surface area contributed by atoms with Gasteiger partial charge in [-0.25, -0.2) is 19.0 Å². The Balaban J connectivity index is 1.68. The van der Waals surface area contributed by atoms with Gasteiger partial charge in [0, 0.05) is 11.4 Å². The van der Waals surface area contributed by atoms with E-state index in [2.05, 4.69) is 9.97 Å². The van der Waals surface area contributed by atoms with Gasteiger partial charge in [0.05, 0.1) is 29.1 Å². The summed E-state index contributed by atoms with van der Waals surface area (Å²) >= 11 is 1.52. The van der Waals surface area contributed by atoms with E-state index in [1.807, 2.05) is 33.8 Å². The van der Waals surface area contributed by atoms with Gasteiger partial charge in [-0.1, -0.05) is 0 Å². The number of halogens is 1. The lowest BCUT2D eigenvalue weighted by Crippen LogP contribution is -2.41. The number of aromatic amines is 1.